The standard InChI is InChI=1S/C33H47N5O3/c1-6-10-27-26(7-2)36-32(37-27)35-23-15-13-22(14-16-23)21-34-19-20-38-28-12-9-8-11-24(28)25(17-18-29(38)39)30(31(40)41)33(3,4)5/h6-12,22-23,25,30,34H,2,13-21H2,1,3-5H3,(H,40,41)(H2,35,36,37). The molecule has 2 aliphatic rings. The van der Waals surface area contributed by atoms with Gasteiger partial charge in [-0.2, -0.15) is 0 Å². The number of carbonyl (C=O) groups excluding carboxylic acids is 1. The number of nitrogens with one attached hydrogen (secondary N) is 3. The van der Waals surface area contributed by atoms with E-state index in [4.69, 9.17) is 0 Å². The van der Waals surface area contributed by atoms with Crippen LogP contribution in [0.4, 0.5) is 11.6 Å². The number of para-hydroxylation sites is 1. The number of allylic oxidation sites excluding steroid dienone is 1. The highest BCUT2D eigenvalue weighted by Crippen LogP contribution is 2.45. The minimum Gasteiger partial charge on any atom is -0.481 e. The molecule has 222 valence electrons. The minimum absolute atomic E-state index is 0.0708. The summed E-state index contributed by atoms with van der Waals surface area (Å²) in [6.45, 7) is 14.0. The molecule has 1 aromatic heterocycles. The lowest BCUT2D eigenvalue weighted by atomic mass is 9.69. The van der Waals surface area contributed by atoms with Gasteiger partial charge in [-0.05, 0) is 80.7 Å². The Morgan fingerprint density at radius 3 is 2.61 bits per heavy atom. The topological polar surface area (TPSA) is 110 Å². The number of rotatable bonds is 11. The maximum Gasteiger partial charge on any atom is 0.307 e. The van der Waals surface area contributed by atoms with E-state index in [9.17, 15) is 14.7 Å². The number of nitrogens with zero attached hydrogens (tertiary/aromatic N) is 2. The summed E-state index contributed by atoms with van der Waals surface area (Å²) in [7, 11) is 0. The maximum atomic E-state index is 13.3. The summed E-state index contributed by atoms with van der Waals surface area (Å²) < 4.78 is 0. The predicted octanol–water partition coefficient (Wildman–Crippen LogP) is 6.30. The van der Waals surface area contributed by atoms with Gasteiger partial charge in [-0.15, -0.1) is 0 Å². The van der Waals surface area contributed by atoms with Gasteiger partial charge in [-0.25, -0.2) is 4.98 Å². The molecule has 1 fully saturated rings. The van der Waals surface area contributed by atoms with Gasteiger partial charge >= 0.3 is 5.97 Å². The molecular weight excluding hydrogens is 514 g/mol. The fourth-order valence-corrected chi connectivity index (χ4v) is 6.61. The average molecular weight is 562 g/mol. The molecule has 0 radical (unpaired) electrons. The van der Waals surface area contributed by atoms with Gasteiger partial charge in [0.25, 0.3) is 0 Å². The van der Waals surface area contributed by atoms with Crippen molar-refractivity contribution < 1.29 is 14.7 Å². The molecule has 8 heteroatoms. The molecule has 2 unspecified atom stereocenters. The Morgan fingerprint density at radius 1 is 1.22 bits per heavy atom. The number of hydrogen-bond acceptors (Lipinski definition) is 5. The van der Waals surface area contributed by atoms with E-state index in [0.29, 0.717) is 37.9 Å². The highest BCUT2D eigenvalue weighted by atomic mass is 16.4. The molecule has 2 heterocycles. The van der Waals surface area contributed by atoms with Crippen LogP contribution in [0, 0.1) is 17.3 Å². The first-order chi connectivity index (χ1) is 19.6. The third kappa shape index (κ3) is 7.47. The number of carboxylic acid groups (broad SMARTS) is 1. The largest absolute Gasteiger partial charge is 0.481 e. The molecule has 0 saturated heterocycles. The summed E-state index contributed by atoms with van der Waals surface area (Å²) >= 11 is 0. The number of fused-ring (bicyclic) bond motifs is 1. The zero-order valence-electron chi connectivity index (χ0n) is 25.1. The molecule has 4 N–H and O–H groups in total. The van der Waals surface area contributed by atoms with E-state index in [2.05, 4.69) is 27.2 Å². The quantitative estimate of drug-likeness (QED) is 0.240. The summed E-state index contributed by atoms with van der Waals surface area (Å²) in [5, 5.41) is 17.3. The predicted molar refractivity (Wildman–Crippen MR) is 167 cm³/mol. The van der Waals surface area contributed by atoms with Gasteiger partial charge in [0.05, 0.1) is 17.3 Å². The van der Waals surface area contributed by atoms with E-state index < -0.39 is 17.3 Å². The van der Waals surface area contributed by atoms with Gasteiger partial charge < -0.3 is 25.6 Å². The first-order valence-corrected chi connectivity index (χ1v) is 15.1. The Balaban J connectivity index is 1.29. The summed E-state index contributed by atoms with van der Waals surface area (Å²) in [6.07, 6.45) is 11.1. The van der Waals surface area contributed by atoms with Crippen molar-refractivity contribution in [1.82, 2.24) is 15.3 Å². The second-order valence-electron chi connectivity index (χ2n) is 12.6. The Morgan fingerprint density at radius 2 is 1.95 bits per heavy atom. The van der Waals surface area contributed by atoms with E-state index in [-0.39, 0.29) is 11.8 Å². The second kappa shape index (κ2) is 13.5. The molecule has 2 aromatic rings. The van der Waals surface area contributed by atoms with Crippen molar-refractivity contribution in [3.05, 3.63) is 53.9 Å². The fourth-order valence-electron chi connectivity index (χ4n) is 6.61. The van der Waals surface area contributed by atoms with Crippen LogP contribution in [0.5, 0.6) is 0 Å². The Labute approximate surface area is 244 Å². The van der Waals surface area contributed by atoms with Gasteiger partial charge in [0.15, 0.2) is 0 Å². The number of aliphatic carboxylic acids is 1. The Bertz CT molecular complexity index is 1240. The van der Waals surface area contributed by atoms with Gasteiger partial charge in [-0.3, -0.25) is 9.59 Å². The number of H-pyrrole nitrogens is 1. The van der Waals surface area contributed by atoms with Crippen molar-refractivity contribution in [3.63, 3.8) is 0 Å². The van der Waals surface area contributed by atoms with Gasteiger partial charge in [0.1, 0.15) is 0 Å². The van der Waals surface area contributed by atoms with Crippen molar-refractivity contribution in [2.45, 2.75) is 78.2 Å². The monoisotopic (exact) mass is 561 g/mol. The van der Waals surface area contributed by atoms with Gasteiger partial charge in [0, 0.05) is 37.2 Å². The van der Waals surface area contributed by atoms with Crippen LogP contribution in [0.15, 0.2) is 36.9 Å². The lowest BCUT2D eigenvalue weighted by Crippen LogP contribution is -2.38. The molecule has 2 atom stereocenters. The SMILES string of the molecule is C=Cc1nc(NC2CCC(CNCCN3C(=O)CCC(C(C(=O)O)C(C)(C)C)c4ccccc43)CC2)[nH]c1C=CC. The van der Waals surface area contributed by atoms with Crippen LogP contribution in [-0.4, -0.2) is 52.6 Å². The number of hydrogen-bond donors (Lipinski definition) is 4. The Kier molecular flexibility index (Phi) is 10.1. The lowest BCUT2D eigenvalue weighted by molar-refractivity contribution is -0.147. The Hall–Kier alpha value is -3.39. The lowest BCUT2D eigenvalue weighted by Gasteiger charge is -2.34. The highest BCUT2D eigenvalue weighted by Gasteiger charge is 2.41. The molecule has 1 aliphatic heterocycles. The summed E-state index contributed by atoms with van der Waals surface area (Å²) in [4.78, 5) is 35.4. The fraction of sp³-hybridized carbons (Fsp3) is 0.545. The first kappa shape index (κ1) is 30.6. The molecule has 0 bridgehead atoms. The van der Waals surface area contributed by atoms with Gasteiger partial charge in [0.2, 0.25) is 11.9 Å². The van der Waals surface area contributed by atoms with Crippen molar-refractivity contribution in [1.29, 1.82) is 0 Å². The van der Waals surface area contributed by atoms with Crippen LogP contribution in [0.25, 0.3) is 12.2 Å². The number of carbonyl (C=O) groups is 2. The van der Waals surface area contributed by atoms with Crippen LogP contribution in [0.1, 0.15) is 89.1 Å². The third-order valence-corrected chi connectivity index (χ3v) is 8.62. The third-order valence-electron chi connectivity index (χ3n) is 8.62. The van der Waals surface area contributed by atoms with E-state index >= 15 is 0 Å². The van der Waals surface area contributed by atoms with Crippen molar-refractivity contribution in [3.8, 4) is 0 Å². The van der Waals surface area contributed by atoms with E-state index in [1.54, 1.807) is 6.08 Å². The first-order valence-electron chi connectivity index (χ1n) is 15.1. The van der Waals surface area contributed by atoms with Crippen molar-refractivity contribution in [2.75, 3.05) is 29.9 Å². The summed E-state index contributed by atoms with van der Waals surface area (Å²) in [5.41, 5.74) is 3.25. The van der Waals surface area contributed by atoms with E-state index in [1.807, 2.05) is 69.0 Å². The number of anilines is 2. The van der Waals surface area contributed by atoms with Crippen LogP contribution < -0.4 is 15.5 Å². The molecule has 41 heavy (non-hydrogen) atoms. The smallest absolute Gasteiger partial charge is 0.307 e. The molecule has 1 aliphatic carbocycles. The number of aromatic nitrogens is 2. The number of aromatic amines is 1. The molecule has 1 saturated carbocycles. The van der Waals surface area contributed by atoms with Crippen LogP contribution >= 0.6 is 0 Å². The molecule has 1 aromatic carbocycles. The number of amides is 1. The molecule has 8 nitrogen and oxygen atoms in total. The average Bonchev–Trinajstić information content (AvgIpc) is 3.26. The van der Waals surface area contributed by atoms with Crippen LogP contribution in [0.2, 0.25) is 0 Å². The van der Waals surface area contributed by atoms with E-state index in [1.165, 1.54) is 0 Å². The van der Waals surface area contributed by atoms with Gasteiger partial charge in [-0.1, -0.05) is 51.6 Å². The highest BCUT2D eigenvalue weighted by molar-refractivity contribution is 5.95. The molecule has 0 spiro atoms. The van der Waals surface area contributed by atoms with Crippen molar-refractivity contribution in [2.24, 2.45) is 17.3 Å². The maximum absolute atomic E-state index is 13.3. The van der Waals surface area contributed by atoms with Crippen LogP contribution in [-0.2, 0) is 9.59 Å². The molecule has 1 amide bonds. The second-order valence-corrected chi connectivity index (χ2v) is 12.6. The summed E-state index contributed by atoms with van der Waals surface area (Å²) in [5.74, 6) is -0.0850. The molecule has 4 rings (SSSR count). The normalized spacial score (nSPS) is 22.3. The zero-order chi connectivity index (χ0) is 29.6. The van der Waals surface area contributed by atoms with Crippen LogP contribution in [0.3, 0.4) is 0 Å². The minimum atomic E-state index is -0.797. The number of benzene rings is 1. The summed E-state index contributed by atoms with van der Waals surface area (Å²) in [6, 6.07) is 8.28. The number of imidazole rings is 1. The number of carboxylic acids is 1. The van der Waals surface area contributed by atoms with E-state index in [0.717, 1.165) is 60.8 Å². The van der Waals surface area contributed by atoms with Crippen molar-refractivity contribution >= 4 is 35.7 Å². The molecular formula is C33H47N5O3. The zero-order valence-corrected chi connectivity index (χ0v) is 25.1.